The van der Waals surface area contributed by atoms with E-state index in [-0.39, 0.29) is 24.1 Å². The van der Waals surface area contributed by atoms with Gasteiger partial charge in [0.05, 0.1) is 6.20 Å². The van der Waals surface area contributed by atoms with Gasteiger partial charge in [-0.1, -0.05) is 35.5 Å². The fourth-order valence-corrected chi connectivity index (χ4v) is 2.61. The summed E-state index contributed by atoms with van der Waals surface area (Å²) < 4.78 is 1.15. The third-order valence-corrected chi connectivity index (χ3v) is 3.70. The van der Waals surface area contributed by atoms with Crippen molar-refractivity contribution < 1.29 is 19.5 Å². The van der Waals surface area contributed by atoms with Crippen LogP contribution in [-0.4, -0.2) is 55.9 Å². The second kappa shape index (κ2) is 6.49. The van der Waals surface area contributed by atoms with Crippen LogP contribution in [0.25, 0.3) is 0 Å². The van der Waals surface area contributed by atoms with E-state index in [9.17, 15) is 14.4 Å². The van der Waals surface area contributed by atoms with E-state index in [2.05, 4.69) is 15.6 Å². The van der Waals surface area contributed by atoms with E-state index in [1.807, 2.05) is 6.07 Å². The molecule has 1 saturated heterocycles. The van der Waals surface area contributed by atoms with Crippen LogP contribution >= 0.6 is 0 Å². The van der Waals surface area contributed by atoms with E-state index >= 15 is 0 Å². The van der Waals surface area contributed by atoms with E-state index in [1.54, 1.807) is 24.3 Å². The Bertz CT molecular complexity index is 773. The Hall–Kier alpha value is -3.23. The highest BCUT2D eigenvalue weighted by atomic mass is 16.4. The van der Waals surface area contributed by atoms with Crippen LogP contribution in [0.5, 0.6) is 0 Å². The maximum atomic E-state index is 12.6. The maximum Gasteiger partial charge on any atom is 0.358 e. The van der Waals surface area contributed by atoms with Crippen LogP contribution in [0.4, 0.5) is 0 Å². The second-order valence-electron chi connectivity index (χ2n) is 5.30. The Morgan fingerprint density at radius 1 is 1.29 bits per heavy atom. The summed E-state index contributed by atoms with van der Waals surface area (Å²) in [6, 6.07) is 8.29. The quantitative estimate of drug-likeness (QED) is 0.793. The predicted molar refractivity (Wildman–Crippen MR) is 80.9 cm³/mol. The molecule has 1 aromatic heterocycles. The molecule has 0 radical (unpaired) electrons. The molecule has 1 aromatic carbocycles. The molecular weight excluding hydrogens is 314 g/mol. The molecular formula is C15H15N5O4. The molecule has 0 spiro atoms. The van der Waals surface area contributed by atoms with Crippen molar-refractivity contribution in [2.75, 3.05) is 13.1 Å². The van der Waals surface area contributed by atoms with E-state index in [0.717, 1.165) is 4.68 Å². The van der Waals surface area contributed by atoms with E-state index in [0.29, 0.717) is 18.7 Å². The third-order valence-electron chi connectivity index (χ3n) is 3.70. The van der Waals surface area contributed by atoms with Crippen molar-refractivity contribution in [1.29, 1.82) is 0 Å². The molecule has 1 atom stereocenters. The normalized spacial score (nSPS) is 17.4. The molecule has 1 aliphatic heterocycles. The highest BCUT2D eigenvalue weighted by Gasteiger charge is 2.34. The zero-order chi connectivity index (χ0) is 17.1. The molecule has 2 heterocycles. The van der Waals surface area contributed by atoms with Crippen molar-refractivity contribution in [3.8, 4) is 0 Å². The molecule has 124 valence electrons. The minimum atomic E-state index is -1.21. The van der Waals surface area contributed by atoms with E-state index in [4.69, 9.17) is 5.11 Å². The first-order valence-corrected chi connectivity index (χ1v) is 7.32. The molecule has 0 bridgehead atoms. The van der Waals surface area contributed by atoms with Crippen molar-refractivity contribution in [2.24, 2.45) is 0 Å². The third kappa shape index (κ3) is 3.09. The topological polar surface area (TPSA) is 117 Å². The lowest BCUT2D eigenvalue weighted by Gasteiger charge is -2.35. The number of aromatic nitrogens is 3. The number of hydrogen-bond donors (Lipinski definition) is 2. The van der Waals surface area contributed by atoms with Crippen molar-refractivity contribution in [3.63, 3.8) is 0 Å². The van der Waals surface area contributed by atoms with Crippen molar-refractivity contribution >= 4 is 17.8 Å². The average molecular weight is 329 g/mol. The molecule has 2 aromatic rings. The number of carbonyl (C=O) groups is 3. The van der Waals surface area contributed by atoms with E-state index in [1.165, 1.54) is 11.1 Å². The minimum absolute atomic E-state index is 0.184. The number of aromatic carboxylic acids is 1. The zero-order valence-electron chi connectivity index (χ0n) is 12.6. The summed E-state index contributed by atoms with van der Waals surface area (Å²) in [6.45, 7) is 0.549. The van der Waals surface area contributed by atoms with Crippen LogP contribution in [0.3, 0.4) is 0 Å². The largest absolute Gasteiger partial charge is 0.476 e. The summed E-state index contributed by atoms with van der Waals surface area (Å²) in [5.41, 5.74) is 0.478. The molecule has 2 N–H and O–H groups in total. The molecule has 2 amide bonds. The molecule has 3 rings (SSSR count). The molecule has 9 nitrogen and oxygen atoms in total. The Morgan fingerprint density at radius 2 is 2.04 bits per heavy atom. The highest BCUT2D eigenvalue weighted by Crippen LogP contribution is 2.23. The number of hydrogen-bond acceptors (Lipinski definition) is 5. The molecule has 24 heavy (non-hydrogen) atoms. The van der Waals surface area contributed by atoms with Crippen LogP contribution in [0.15, 0.2) is 36.5 Å². The van der Waals surface area contributed by atoms with Gasteiger partial charge in [-0.05, 0) is 5.56 Å². The standard InChI is InChI=1S/C15H15N5O4/c21-12(9-19-8-11(15(23)24)17-18-19)20-7-6-16-14(22)13(20)10-4-2-1-3-5-10/h1-5,8,13H,6-7,9H2,(H,16,22)(H,23,24). The number of carboxylic acid groups (broad SMARTS) is 1. The lowest BCUT2D eigenvalue weighted by Crippen LogP contribution is -2.52. The number of nitrogens with one attached hydrogen (secondary N) is 1. The summed E-state index contributed by atoms with van der Waals surface area (Å²) in [7, 11) is 0. The average Bonchev–Trinajstić information content (AvgIpc) is 3.04. The van der Waals surface area contributed by atoms with Crippen molar-refractivity contribution in [3.05, 3.63) is 47.8 Å². The Labute approximate surface area is 136 Å². The van der Waals surface area contributed by atoms with Gasteiger partial charge in [0.2, 0.25) is 11.8 Å². The summed E-state index contributed by atoms with van der Waals surface area (Å²) in [5.74, 6) is -1.79. The SMILES string of the molecule is O=C(O)c1cn(CC(=O)N2CCNC(=O)C2c2ccccc2)nn1. The van der Waals surface area contributed by atoms with Crippen LogP contribution < -0.4 is 5.32 Å². The number of carboxylic acids is 1. The first kappa shape index (κ1) is 15.7. The van der Waals surface area contributed by atoms with Crippen LogP contribution in [0, 0.1) is 0 Å². The molecule has 1 aliphatic rings. The van der Waals surface area contributed by atoms with Gasteiger partial charge >= 0.3 is 5.97 Å². The Kier molecular flexibility index (Phi) is 4.23. The number of nitrogens with zero attached hydrogens (tertiary/aromatic N) is 4. The number of rotatable bonds is 4. The van der Waals surface area contributed by atoms with Crippen LogP contribution in [-0.2, 0) is 16.1 Å². The van der Waals surface area contributed by atoms with Gasteiger partial charge in [0.15, 0.2) is 5.69 Å². The van der Waals surface area contributed by atoms with Gasteiger partial charge in [0.1, 0.15) is 12.6 Å². The van der Waals surface area contributed by atoms with Crippen LogP contribution in [0.1, 0.15) is 22.1 Å². The summed E-state index contributed by atoms with van der Waals surface area (Å²) in [5, 5.41) is 18.7. The molecule has 9 heteroatoms. The van der Waals surface area contributed by atoms with Gasteiger partial charge in [-0.3, -0.25) is 9.59 Å². The van der Waals surface area contributed by atoms with Gasteiger partial charge < -0.3 is 15.3 Å². The molecule has 0 saturated carbocycles. The van der Waals surface area contributed by atoms with Gasteiger partial charge in [0.25, 0.3) is 0 Å². The lowest BCUT2D eigenvalue weighted by atomic mass is 10.0. The first-order valence-electron chi connectivity index (χ1n) is 7.32. The second-order valence-corrected chi connectivity index (χ2v) is 5.30. The first-order chi connectivity index (χ1) is 11.6. The zero-order valence-corrected chi connectivity index (χ0v) is 12.6. The minimum Gasteiger partial charge on any atom is -0.476 e. The number of piperazine rings is 1. The van der Waals surface area contributed by atoms with Crippen molar-refractivity contribution in [2.45, 2.75) is 12.6 Å². The monoisotopic (exact) mass is 329 g/mol. The summed E-state index contributed by atoms with van der Waals surface area (Å²) >= 11 is 0. The number of carbonyl (C=O) groups excluding carboxylic acids is 2. The Balaban J connectivity index is 1.80. The Morgan fingerprint density at radius 3 is 2.71 bits per heavy atom. The fraction of sp³-hybridized carbons (Fsp3) is 0.267. The van der Waals surface area contributed by atoms with E-state index < -0.39 is 12.0 Å². The number of benzene rings is 1. The highest BCUT2D eigenvalue weighted by molar-refractivity contribution is 5.90. The van der Waals surface area contributed by atoms with Crippen LogP contribution in [0.2, 0.25) is 0 Å². The molecule has 1 fully saturated rings. The predicted octanol–water partition coefficient (Wildman–Crippen LogP) is -0.324. The lowest BCUT2D eigenvalue weighted by molar-refractivity contribution is -0.144. The van der Waals surface area contributed by atoms with Gasteiger partial charge in [-0.15, -0.1) is 5.10 Å². The van der Waals surface area contributed by atoms with Gasteiger partial charge in [0, 0.05) is 13.1 Å². The number of amides is 2. The summed E-state index contributed by atoms with van der Waals surface area (Å²) in [4.78, 5) is 37.1. The molecule has 0 aliphatic carbocycles. The van der Waals surface area contributed by atoms with Gasteiger partial charge in [-0.25, -0.2) is 9.48 Å². The molecule has 1 unspecified atom stereocenters. The fourth-order valence-electron chi connectivity index (χ4n) is 2.61. The smallest absolute Gasteiger partial charge is 0.358 e. The van der Waals surface area contributed by atoms with Gasteiger partial charge in [-0.2, -0.15) is 0 Å². The van der Waals surface area contributed by atoms with Crippen molar-refractivity contribution in [1.82, 2.24) is 25.2 Å². The summed E-state index contributed by atoms with van der Waals surface area (Å²) in [6.07, 6.45) is 1.18. The maximum absolute atomic E-state index is 12.6.